The number of ketones is 1. The largest absolute Gasteiger partial charge is 0.368 e. The van der Waals surface area contributed by atoms with Gasteiger partial charge in [0, 0.05) is 24.4 Å². The van der Waals surface area contributed by atoms with E-state index in [4.69, 9.17) is 4.74 Å². The Balaban J connectivity index is 1.80. The summed E-state index contributed by atoms with van der Waals surface area (Å²) in [6.07, 6.45) is 2.26. The molecule has 1 saturated heterocycles. The monoisotopic (exact) mass is 379 g/mol. The molecule has 3 rings (SSSR count). The number of Topliss-reactive ketones (excluding diaryl/α,β-unsaturated/α-hetero) is 1. The first kappa shape index (κ1) is 16.7. The van der Waals surface area contributed by atoms with Crippen LogP contribution in [0, 0.1) is 5.92 Å². The van der Waals surface area contributed by atoms with Crippen molar-refractivity contribution in [1.82, 2.24) is 0 Å². The van der Waals surface area contributed by atoms with E-state index in [-0.39, 0.29) is 28.5 Å². The van der Waals surface area contributed by atoms with Crippen LogP contribution in [0.2, 0.25) is 0 Å². The van der Waals surface area contributed by atoms with Gasteiger partial charge in [0.05, 0.1) is 4.83 Å². The maximum absolute atomic E-state index is 12.6. The van der Waals surface area contributed by atoms with Crippen LogP contribution in [0.1, 0.15) is 42.6 Å². The van der Waals surface area contributed by atoms with Gasteiger partial charge in [-0.1, -0.05) is 29.8 Å². The van der Waals surface area contributed by atoms with E-state index < -0.39 is 0 Å². The predicted molar refractivity (Wildman–Crippen MR) is 93.4 cm³/mol. The zero-order valence-corrected chi connectivity index (χ0v) is 15.1. The molecule has 1 fully saturated rings. The molecule has 0 bridgehead atoms. The third kappa shape index (κ3) is 3.22. The quantitative estimate of drug-likeness (QED) is 0.595. The summed E-state index contributed by atoms with van der Waals surface area (Å²) in [6, 6.07) is 5.68. The molecule has 2 atom stereocenters. The highest BCUT2D eigenvalue weighted by Crippen LogP contribution is 2.32. The number of amides is 1. The SMILES string of the molecule is CC(C)C(Br)C(=O)c1ccc2c(c1)CCN2C(=O)C1CCCO1. The van der Waals surface area contributed by atoms with Gasteiger partial charge in [0.25, 0.3) is 5.91 Å². The van der Waals surface area contributed by atoms with Crippen LogP contribution in [0.25, 0.3) is 0 Å². The van der Waals surface area contributed by atoms with Gasteiger partial charge in [0.2, 0.25) is 0 Å². The van der Waals surface area contributed by atoms with Crippen LogP contribution in [0.15, 0.2) is 18.2 Å². The molecular weight excluding hydrogens is 358 g/mol. The van der Waals surface area contributed by atoms with Crippen molar-refractivity contribution in [2.75, 3.05) is 18.1 Å². The lowest BCUT2D eigenvalue weighted by atomic mass is 9.98. The molecule has 0 aliphatic carbocycles. The molecular formula is C18H22BrNO3. The Morgan fingerprint density at radius 1 is 1.35 bits per heavy atom. The Labute approximate surface area is 145 Å². The Morgan fingerprint density at radius 3 is 2.78 bits per heavy atom. The molecule has 0 aromatic heterocycles. The van der Waals surface area contributed by atoms with Gasteiger partial charge in [-0.25, -0.2) is 0 Å². The molecule has 0 radical (unpaired) electrons. The Hall–Kier alpha value is -1.20. The molecule has 2 unspecified atom stereocenters. The van der Waals surface area contributed by atoms with Crippen LogP contribution in [0.5, 0.6) is 0 Å². The standard InChI is InChI=1S/C18H22BrNO3/c1-11(2)16(19)17(21)13-5-6-14-12(10-13)7-8-20(14)18(22)15-4-3-9-23-15/h5-6,10-11,15-16H,3-4,7-9H2,1-2H3. The molecule has 124 valence electrons. The number of anilines is 1. The molecule has 5 heteroatoms. The number of alkyl halides is 1. The second-order valence-corrected chi connectivity index (χ2v) is 7.58. The summed E-state index contributed by atoms with van der Waals surface area (Å²) < 4.78 is 5.51. The van der Waals surface area contributed by atoms with Crippen LogP contribution >= 0.6 is 15.9 Å². The maximum Gasteiger partial charge on any atom is 0.256 e. The fourth-order valence-electron chi connectivity index (χ4n) is 3.19. The number of fused-ring (bicyclic) bond motifs is 1. The lowest BCUT2D eigenvalue weighted by Crippen LogP contribution is -2.37. The van der Waals surface area contributed by atoms with E-state index in [0.717, 1.165) is 30.5 Å². The third-order valence-corrected chi connectivity index (χ3v) is 6.04. The highest BCUT2D eigenvalue weighted by Gasteiger charge is 2.33. The molecule has 0 N–H and O–H groups in total. The van der Waals surface area contributed by atoms with E-state index >= 15 is 0 Å². The van der Waals surface area contributed by atoms with Gasteiger partial charge in [0.1, 0.15) is 6.10 Å². The number of rotatable bonds is 4. The first-order chi connectivity index (χ1) is 11.0. The Kier molecular flexibility index (Phi) is 4.87. The Bertz CT molecular complexity index is 623. The highest BCUT2D eigenvalue weighted by molar-refractivity contribution is 9.10. The average molecular weight is 380 g/mol. The zero-order chi connectivity index (χ0) is 16.6. The molecule has 0 saturated carbocycles. The van der Waals surface area contributed by atoms with Crippen LogP contribution in [-0.4, -0.2) is 35.8 Å². The number of ether oxygens (including phenoxy) is 1. The van der Waals surface area contributed by atoms with E-state index in [2.05, 4.69) is 15.9 Å². The number of carbonyl (C=O) groups is 2. The number of benzene rings is 1. The minimum atomic E-state index is -0.296. The fraction of sp³-hybridized carbons (Fsp3) is 0.556. The van der Waals surface area contributed by atoms with E-state index in [1.54, 1.807) is 0 Å². The maximum atomic E-state index is 12.6. The lowest BCUT2D eigenvalue weighted by molar-refractivity contribution is -0.127. The predicted octanol–water partition coefficient (Wildman–Crippen LogP) is 3.36. The van der Waals surface area contributed by atoms with Crippen LogP contribution in [-0.2, 0) is 16.0 Å². The van der Waals surface area contributed by atoms with Crippen molar-refractivity contribution in [2.45, 2.75) is 44.0 Å². The van der Waals surface area contributed by atoms with E-state index in [1.165, 1.54) is 0 Å². The molecule has 2 aliphatic rings. The molecule has 1 aromatic rings. The smallest absolute Gasteiger partial charge is 0.256 e. The molecule has 0 spiro atoms. The van der Waals surface area contributed by atoms with E-state index in [9.17, 15) is 9.59 Å². The summed E-state index contributed by atoms with van der Waals surface area (Å²) in [6.45, 7) is 5.39. The molecule has 1 aromatic carbocycles. The van der Waals surface area contributed by atoms with Gasteiger partial charge < -0.3 is 9.64 Å². The zero-order valence-electron chi connectivity index (χ0n) is 13.5. The van der Waals surface area contributed by atoms with Gasteiger partial charge >= 0.3 is 0 Å². The number of carbonyl (C=O) groups excluding carboxylic acids is 2. The number of halogens is 1. The van der Waals surface area contributed by atoms with E-state index in [1.807, 2.05) is 36.9 Å². The second-order valence-electron chi connectivity index (χ2n) is 6.60. The van der Waals surface area contributed by atoms with Crippen molar-refractivity contribution >= 4 is 33.3 Å². The van der Waals surface area contributed by atoms with E-state index in [0.29, 0.717) is 18.7 Å². The number of hydrogen-bond acceptors (Lipinski definition) is 3. The van der Waals surface area contributed by atoms with Crippen molar-refractivity contribution in [3.63, 3.8) is 0 Å². The van der Waals surface area contributed by atoms with Gasteiger partial charge in [-0.2, -0.15) is 0 Å². The van der Waals surface area contributed by atoms with Gasteiger partial charge in [-0.05, 0) is 48.9 Å². The van der Waals surface area contributed by atoms with Crippen molar-refractivity contribution in [2.24, 2.45) is 5.92 Å². The van der Waals surface area contributed by atoms with Crippen LogP contribution < -0.4 is 4.90 Å². The molecule has 23 heavy (non-hydrogen) atoms. The van der Waals surface area contributed by atoms with Gasteiger partial charge in [0.15, 0.2) is 5.78 Å². The second kappa shape index (κ2) is 6.73. The minimum Gasteiger partial charge on any atom is -0.368 e. The lowest BCUT2D eigenvalue weighted by Gasteiger charge is -2.21. The van der Waals surface area contributed by atoms with Crippen LogP contribution in [0.4, 0.5) is 5.69 Å². The normalized spacial score (nSPS) is 21.6. The third-order valence-electron chi connectivity index (χ3n) is 4.57. The summed E-state index contributed by atoms with van der Waals surface area (Å²) in [5.74, 6) is 0.404. The summed E-state index contributed by atoms with van der Waals surface area (Å²) >= 11 is 3.47. The molecule has 4 nitrogen and oxygen atoms in total. The summed E-state index contributed by atoms with van der Waals surface area (Å²) in [5.41, 5.74) is 2.72. The molecule has 2 heterocycles. The summed E-state index contributed by atoms with van der Waals surface area (Å²) in [5, 5.41) is 0. The first-order valence-corrected chi connectivity index (χ1v) is 9.15. The van der Waals surface area contributed by atoms with Crippen molar-refractivity contribution in [3.05, 3.63) is 29.3 Å². The van der Waals surface area contributed by atoms with Crippen LogP contribution in [0.3, 0.4) is 0 Å². The van der Waals surface area contributed by atoms with Crippen molar-refractivity contribution in [3.8, 4) is 0 Å². The fourth-order valence-corrected chi connectivity index (χ4v) is 3.46. The number of nitrogens with zero attached hydrogens (tertiary/aromatic N) is 1. The van der Waals surface area contributed by atoms with Crippen molar-refractivity contribution < 1.29 is 14.3 Å². The molecule has 1 amide bonds. The highest BCUT2D eigenvalue weighted by atomic mass is 79.9. The number of hydrogen-bond donors (Lipinski definition) is 0. The van der Waals surface area contributed by atoms with Crippen molar-refractivity contribution in [1.29, 1.82) is 0 Å². The van der Waals surface area contributed by atoms with Gasteiger partial charge in [-0.15, -0.1) is 0 Å². The van der Waals surface area contributed by atoms with Gasteiger partial charge in [-0.3, -0.25) is 9.59 Å². The minimum absolute atomic E-state index is 0.0564. The summed E-state index contributed by atoms with van der Waals surface area (Å²) in [4.78, 5) is 26.7. The first-order valence-electron chi connectivity index (χ1n) is 8.23. The topological polar surface area (TPSA) is 46.6 Å². The Morgan fingerprint density at radius 2 is 2.13 bits per heavy atom. The molecule has 2 aliphatic heterocycles. The summed E-state index contributed by atoms with van der Waals surface area (Å²) in [7, 11) is 0. The average Bonchev–Trinajstić information content (AvgIpc) is 3.21.